The lowest BCUT2D eigenvalue weighted by Gasteiger charge is -2.30. The topological polar surface area (TPSA) is 63.5 Å². The number of pyridine rings is 1. The van der Waals surface area contributed by atoms with Crippen LogP contribution in [0.15, 0.2) is 60.0 Å². The fourth-order valence-corrected chi connectivity index (χ4v) is 3.99. The van der Waals surface area contributed by atoms with Crippen LogP contribution in [0.5, 0.6) is 0 Å². The number of aromatic nitrogens is 3. The van der Waals surface area contributed by atoms with Gasteiger partial charge in [-0.15, -0.1) is 0 Å². The van der Waals surface area contributed by atoms with Crippen LogP contribution in [-0.2, 0) is 4.79 Å². The number of amides is 1. The predicted octanol–water partition coefficient (Wildman–Crippen LogP) is 1.88. The van der Waals surface area contributed by atoms with E-state index in [1.54, 1.807) is 6.33 Å². The number of anilines is 1. The van der Waals surface area contributed by atoms with Crippen LogP contribution >= 0.6 is 11.8 Å². The minimum absolute atomic E-state index is 0.161. The molecule has 132 valence electrons. The first kappa shape index (κ1) is 16.8. The van der Waals surface area contributed by atoms with Crippen LogP contribution in [0.2, 0.25) is 0 Å². The molecule has 0 saturated carbocycles. The van der Waals surface area contributed by atoms with Crippen molar-refractivity contribution >= 4 is 34.4 Å². The van der Waals surface area contributed by atoms with Crippen molar-refractivity contribution < 1.29 is 9.78 Å². The lowest BCUT2D eigenvalue weighted by molar-refractivity contribution is -0.364. The zero-order valence-electron chi connectivity index (χ0n) is 14.3. The number of fused-ring (bicyclic) bond motifs is 1. The third kappa shape index (κ3) is 3.62. The molecule has 4 rings (SSSR count). The highest BCUT2D eigenvalue weighted by atomic mass is 32.2. The maximum Gasteiger partial charge on any atom is 0.274 e. The average Bonchev–Trinajstić information content (AvgIpc) is 2.73. The summed E-state index contributed by atoms with van der Waals surface area (Å²) in [6.45, 7) is 3.17. The number of aromatic amines is 1. The molecular weight excluding hydrogens is 346 g/mol. The summed E-state index contributed by atoms with van der Waals surface area (Å²) >= 11 is 1.49. The molecule has 0 atom stereocenters. The highest BCUT2D eigenvalue weighted by Gasteiger charge is 2.26. The number of thioether (sulfide) groups is 1. The molecule has 0 aliphatic carbocycles. The van der Waals surface area contributed by atoms with E-state index >= 15 is 0 Å². The summed E-state index contributed by atoms with van der Waals surface area (Å²) in [6, 6.07) is 13.9. The summed E-state index contributed by atoms with van der Waals surface area (Å²) in [6.07, 6.45) is 3.49. The van der Waals surface area contributed by atoms with E-state index in [1.807, 2.05) is 47.5 Å². The van der Waals surface area contributed by atoms with Crippen molar-refractivity contribution in [3.8, 4) is 0 Å². The van der Waals surface area contributed by atoms with Crippen molar-refractivity contribution in [1.29, 1.82) is 0 Å². The Morgan fingerprint density at radius 3 is 2.65 bits per heavy atom. The van der Waals surface area contributed by atoms with Gasteiger partial charge in [-0.25, -0.2) is 15.0 Å². The van der Waals surface area contributed by atoms with E-state index in [2.05, 4.69) is 25.9 Å². The number of H-pyrrole nitrogens is 1. The fourth-order valence-electron chi connectivity index (χ4n) is 3.09. The van der Waals surface area contributed by atoms with E-state index in [0.29, 0.717) is 5.75 Å². The second-order valence-electron chi connectivity index (χ2n) is 6.10. The first-order chi connectivity index (χ1) is 12.8. The molecule has 7 heteroatoms. The molecule has 0 unspecified atom stereocenters. The van der Waals surface area contributed by atoms with Gasteiger partial charge in [-0.2, -0.15) is 0 Å². The number of para-hydroxylation sites is 1. The molecule has 26 heavy (non-hydrogen) atoms. The Kier molecular flexibility index (Phi) is 4.97. The number of hydrogen-bond acceptors (Lipinski definition) is 5. The minimum atomic E-state index is 0.161. The number of carbonyl (C=O) groups is 1. The van der Waals surface area contributed by atoms with Gasteiger partial charge in [-0.1, -0.05) is 36.0 Å². The van der Waals surface area contributed by atoms with E-state index in [0.717, 1.165) is 47.9 Å². The number of carbonyl (C=O) groups excluding carboxylic acids is 1. The molecule has 0 spiro atoms. The third-order valence-corrected chi connectivity index (χ3v) is 5.49. The number of rotatable bonds is 4. The van der Waals surface area contributed by atoms with E-state index in [-0.39, 0.29) is 5.91 Å². The highest BCUT2D eigenvalue weighted by Crippen LogP contribution is 2.24. The Bertz CT molecular complexity index is 891. The summed E-state index contributed by atoms with van der Waals surface area (Å²) in [4.78, 5) is 28.7. The van der Waals surface area contributed by atoms with Gasteiger partial charge in [0.2, 0.25) is 5.91 Å². The van der Waals surface area contributed by atoms with E-state index in [9.17, 15) is 4.79 Å². The molecule has 2 aromatic heterocycles. The summed E-state index contributed by atoms with van der Waals surface area (Å²) in [5.74, 6) is 1.66. The molecule has 6 nitrogen and oxygen atoms in total. The number of nitrogens with zero attached hydrogens (tertiary/aromatic N) is 4. The standard InChI is InChI=1S/C19H19N5OS/c25-18(13-26-19-15-5-1-2-6-16(15)21-14-22-19)24-11-9-23(10-12-24)17-7-3-4-8-20-17/h1-8,14H,9-13H2/p+1. The zero-order chi connectivity index (χ0) is 17.8. The Morgan fingerprint density at radius 2 is 1.85 bits per heavy atom. The van der Waals surface area contributed by atoms with Gasteiger partial charge in [0.05, 0.1) is 30.6 Å². The summed E-state index contributed by atoms with van der Waals surface area (Å²) < 4.78 is 0. The average molecular weight is 366 g/mol. The number of piperazine rings is 1. The molecule has 1 aliphatic heterocycles. The number of benzene rings is 1. The van der Waals surface area contributed by atoms with E-state index < -0.39 is 0 Å². The smallest absolute Gasteiger partial charge is 0.274 e. The van der Waals surface area contributed by atoms with Gasteiger partial charge in [-0.3, -0.25) is 9.69 Å². The molecule has 0 bridgehead atoms. The predicted molar refractivity (Wildman–Crippen MR) is 102 cm³/mol. The van der Waals surface area contributed by atoms with Crippen LogP contribution in [0.4, 0.5) is 5.82 Å². The minimum Gasteiger partial charge on any atom is -0.334 e. The van der Waals surface area contributed by atoms with Gasteiger partial charge >= 0.3 is 0 Å². The molecule has 1 amide bonds. The summed E-state index contributed by atoms with van der Waals surface area (Å²) in [5.41, 5.74) is 0.908. The van der Waals surface area contributed by atoms with Crippen molar-refractivity contribution in [2.45, 2.75) is 5.03 Å². The SMILES string of the molecule is O=C(CSc1ncnc2ccccc12)N1CCN(c2cccc[nH+]2)CC1. The maximum absolute atomic E-state index is 12.6. The molecule has 0 radical (unpaired) electrons. The third-order valence-electron chi connectivity index (χ3n) is 4.50. The molecular formula is C19H20N5OS+. The van der Waals surface area contributed by atoms with Crippen molar-refractivity contribution in [3.05, 3.63) is 55.0 Å². The van der Waals surface area contributed by atoms with Crippen molar-refractivity contribution in [2.24, 2.45) is 0 Å². The zero-order valence-corrected chi connectivity index (χ0v) is 15.2. The summed E-state index contributed by atoms with van der Waals surface area (Å²) in [7, 11) is 0. The molecule has 1 saturated heterocycles. The normalized spacial score (nSPS) is 14.6. The van der Waals surface area contributed by atoms with Gasteiger partial charge in [0.1, 0.15) is 24.4 Å². The van der Waals surface area contributed by atoms with Crippen molar-refractivity contribution in [1.82, 2.24) is 14.9 Å². The Labute approximate surface area is 156 Å². The van der Waals surface area contributed by atoms with Crippen molar-refractivity contribution in [2.75, 3.05) is 36.8 Å². The van der Waals surface area contributed by atoms with Crippen molar-refractivity contribution in [3.63, 3.8) is 0 Å². The van der Waals surface area contributed by atoms with E-state index in [1.165, 1.54) is 11.8 Å². The van der Waals surface area contributed by atoms with Crippen LogP contribution in [0.1, 0.15) is 0 Å². The first-order valence-corrected chi connectivity index (χ1v) is 9.62. The molecule has 1 fully saturated rings. The van der Waals surface area contributed by atoms with Crippen LogP contribution in [-0.4, -0.2) is 52.7 Å². The van der Waals surface area contributed by atoms with Crippen LogP contribution in [0, 0.1) is 0 Å². The highest BCUT2D eigenvalue weighted by molar-refractivity contribution is 8.00. The van der Waals surface area contributed by atoms with E-state index in [4.69, 9.17) is 0 Å². The lowest BCUT2D eigenvalue weighted by Crippen LogP contribution is -2.50. The second kappa shape index (κ2) is 7.70. The van der Waals surface area contributed by atoms with Gasteiger partial charge in [0.25, 0.3) is 5.82 Å². The fraction of sp³-hybridized carbons (Fsp3) is 0.263. The first-order valence-electron chi connectivity index (χ1n) is 8.63. The Balaban J connectivity index is 1.34. The van der Waals surface area contributed by atoms with Crippen LogP contribution in [0.3, 0.4) is 0 Å². The van der Waals surface area contributed by atoms with Gasteiger partial charge in [0.15, 0.2) is 0 Å². The molecule has 3 heterocycles. The van der Waals surface area contributed by atoms with Gasteiger partial charge in [-0.05, 0) is 12.1 Å². The van der Waals surface area contributed by atoms with Gasteiger partial charge in [0, 0.05) is 11.5 Å². The van der Waals surface area contributed by atoms with Crippen LogP contribution < -0.4 is 9.88 Å². The van der Waals surface area contributed by atoms with Crippen LogP contribution in [0.25, 0.3) is 10.9 Å². The van der Waals surface area contributed by atoms with Gasteiger partial charge < -0.3 is 4.90 Å². The Hall–Kier alpha value is -2.67. The quantitative estimate of drug-likeness (QED) is 0.521. The Morgan fingerprint density at radius 1 is 1.04 bits per heavy atom. The molecule has 1 aromatic carbocycles. The molecule has 3 aromatic rings. The number of nitrogens with one attached hydrogen (secondary N) is 1. The molecule has 1 N–H and O–H groups in total. The second-order valence-corrected chi connectivity index (χ2v) is 7.06. The molecule has 1 aliphatic rings. The summed E-state index contributed by atoms with van der Waals surface area (Å²) in [5, 5.41) is 1.86. The largest absolute Gasteiger partial charge is 0.334 e. The maximum atomic E-state index is 12.6. The number of hydrogen-bond donors (Lipinski definition) is 0. The lowest BCUT2D eigenvalue weighted by atomic mass is 10.2. The monoisotopic (exact) mass is 366 g/mol.